The summed E-state index contributed by atoms with van der Waals surface area (Å²) in [4.78, 5) is 4.59. The Morgan fingerprint density at radius 2 is 1.75 bits per heavy atom. The Bertz CT molecular complexity index is 860. The van der Waals surface area contributed by atoms with Crippen LogP contribution >= 0.6 is 11.3 Å². The van der Waals surface area contributed by atoms with Gasteiger partial charge < -0.3 is 0 Å². The summed E-state index contributed by atoms with van der Waals surface area (Å²) in [7, 11) is 0. The van der Waals surface area contributed by atoms with E-state index < -0.39 is 0 Å². The minimum absolute atomic E-state index is 0.855. The van der Waals surface area contributed by atoms with Crippen LogP contribution in [0, 0.1) is 0 Å². The number of nitrogens with zero attached hydrogens (tertiary/aromatic N) is 2. The average molecular weight is 333 g/mol. The highest BCUT2D eigenvalue weighted by Crippen LogP contribution is 2.27. The van der Waals surface area contributed by atoms with Crippen molar-refractivity contribution in [3.8, 4) is 0 Å². The molecule has 1 aliphatic rings. The molecule has 120 valence electrons. The molecule has 0 radical (unpaired) electrons. The molecule has 0 atom stereocenters. The molecule has 3 nitrogen and oxygen atoms in total. The molecule has 0 bridgehead atoms. The van der Waals surface area contributed by atoms with Gasteiger partial charge in [-0.15, -0.1) is 0 Å². The van der Waals surface area contributed by atoms with Crippen molar-refractivity contribution >= 4 is 38.5 Å². The van der Waals surface area contributed by atoms with Gasteiger partial charge in [0, 0.05) is 0 Å². The summed E-state index contributed by atoms with van der Waals surface area (Å²) >= 11 is 1.64. The monoisotopic (exact) mass is 333 g/mol. The molecule has 1 aliphatic carbocycles. The standard InChI is InChI=1S/C20H19N3S/c1-2-8-15(9-3-1)14-16-10-4-5-11-17(16)22-23-20-21-18-12-6-7-13-19(18)24-20/h1-3,6-9,12-14H,4-5,10-11H2,(H,21,23)/b16-14?,22-17-. The zero-order chi connectivity index (χ0) is 16.2. The molecule has 0 unspecified atom stereocenters. The minimum atomic E-state index is 0.855. The van der Waals surface area contributed by atoms with E-state index in [1.165, 1.54) is 28.7 Å². The quantitative estimate of drug-likeness (QED) is 0.622. The Balaban J connectivity index is 1.58. The summed E-state index contributed by atoms with van der Waals surface area (Å²) < 4.78 is 1.18. The molecule has 0 saturated heterocycles. The summed E-state index contributed by atoms with van der Waals surface area (Å²) in [5.41, 5.74) is 7.93. The third-order valence-corrected chi connectivity index (χ3v) is 5.14. The number of hydrogen-bond acceptors (Lipinski definition) is 4. The number of para-hydroxylation sites is 1. The molecule has 0 spiro atoms. The first kappa shape index (κ1) is 15.1. The third kappa shape index (κ3) is 3.39. The van der Waals surface area contributed by atoms with Crippen LogP contribution in [0.5, 0.6) is 0 Å². The van der Waals surface area contributed by atoms with Crippen LogP contribution < -0.4 is 5.43 Å². The number of nitrogens with one attached hydrogen (secondary N) is 1. The van der Waals surface area contributed by atoms with E-state index in [0.717, 1.165) is 29.2 Å². The fraction of sp³-hybridized carbons (Fsp3) is 0.200. The van der Waals surface area contributed by atoms with Crippen LogP contribution in [0.4, 0.5) is 5.13 Å². The Labute approximate surface area is 145 Å². The maximum Gasteiger partial charge on any atom is 0.204 e. The lowest BCUT2D eigenvalue weighted by Crippen LogP contribution is -2.11. The second-order valence-electron chi connectivity index (χ2n) is 5.94. The number of thiazole rings is 1. The second kappa shape index (κ2) is 6.97. The fourth-order valence-corrected chi connectivity index (χ4v) is 3.79. The summed E-state index contributed by atoms with van der Waals surface area (Å²) in [5.74, 6) is 0. The second-order valence-corrected chi connectivity index (χ2v) is 6.98. The van der Waals surface area contributed by atoms with Crippen molar-refractivity contribution < 1.29 is 0 Å². The van der Waals surface area contributed by atoms with Crippen molar-refractivity contribution in [3.05, 3.63) is 65.7 Å². The highest BCUT2D eigenvalue weighted by Gasteiger charge is 2.14. The molecule has 0 amide bonds. The van der Waals surface area contributed by atoms with Gasteiger partial charge in [-0.05, 0) is 55.0 Å². The van der Waals surface area contributed by atoms with Crippen molar-refractivity contribution in [2.45, 2.75) is 25.7 Å². The van der Waals surface area contributed by atoms with E-state index in [9.17, 15) is 0 Å². The number of hydrogen-bond donors (Lipinski definition) is 1. The van der Waals surface area contributed by atoms with E-state index in [1.54, 1.807) is 11.3 Å². The van der Waals surface area contributed by atoms with Crippen molar-refractivity contribution in [1.29, 1.82) is 0 Å². The predicted molar refractivity (Wildman–Crippen MR) is 104 cm³/mol. The molecule has 1 heterocycles. The molecule has 2 aromatic carbocycles. The zero-order valence-corrected chi connectivity index (χ0v) is 14.2. The van der Waals surface area contributed by atoms with Gasteiger partial charge in [0.1, 0.15) is 0 Å². The molecule has 1 N–H and O–H groups in total. The largest absolute Gasteiger partial charge is 0.252 e. The molecule has 4 rings (SSSR count). The molecule has 1 fully saturated rings. The first-order valence-electron chi connectivity index (χ1n) is 8.33. The van der Waals surface area contributed by atoms with Gasteiger partial charge in [0.25, 0.3) is 0 Å². The maximum atomic E-state index is 4.67. The van der Waals surface area contributed by atoms with Crippen LogP contribution in [-0.4, -0.2) is 10.7 Å². The Kier molecular flexibility index (Phi) is 4.38. The van der Waals surface area contributed by atoms with Crippen LogP contribution in [0.15, 0.2) is 65.3 Å². The highest BCUT2D eigenvalue weighted by atomic mass is 32.1. The number of fused-ring (bicyclic) bond motifs is 1. The van der Waals surface area contributed by atoms with Gasteiger partial charge in [0.15, 0.2) is 0 Å². The third-order valence-electron chi connectivity index (χ3n) is 4.20. The molecule has 3 aromatic rings. The smallest absolute Gasteiger partial charge is 0.204 e. The fourth-order valence-electron chi connectivity index (χ4n) is 2.98. The Morgan fingerprint density at radius 3 is 2.62 bits per heavy atom. The van der Waals surface area contributed by atoms with Gasteiger partial charge in [-0.2, -0.15) is 5.10 Å². The predicted octanol–water partition coefficient (Wildman–Crippen LogP) is 5.72. The van der Waals surface area contributed by atoms with Gasteiger partial charge in [0.2, 0.25) is 5.13 Å². The van der Waals surface area contributed by atoms with E-state index in [2.05, 4.69) is 51.9 Å². The molecule has 1 aromatic heterocycles. The van der Waals surface area contributed by atoms with Gasteiger partial charge in [-0.25, -0.2) is 4.98 Å². The number of benzene rings is 2. The van der Waals surface area contributed by atoms with Gasteiger partial charge in [-0.3, -0.25) is 5.43 Å². The van der Waals surface area contributed by atoms with Gasteiger partial charge >= 0.3 is 0 Å². The first-order valence-corrected chi connectivity index (χ1v) is 9.14. The molecule has 1 saturated carbocycles. The van der Waals surface area contributed by atoms with E-state index >= 15 is 0 Å². The lowest BCUT2D eigenvalue weighted by Gasteiger charge is -2.16. The Hall–Kier alpha value is -2.46. The van der Waals surface area contributed by atoms with Crippen LogP contribution in [-0.2, 0) is 0 Å². The molecule has 4 heteroatoms. The van der Waals surface area contributed by atoms with Crippen LogP contribution in [0.2, 0.25) is 0 Å². The van der Waals surface area contributed by atoms with Crippen molar-refractivity contribution in [1.82, 2.24) is 4.98 Å². The first-order chi connectivity index (χ1) is 11.9. The number of allylic oxidation sites excluding steroid dienone is 1. The normalized spacial score (nSPS) is 18.3. The molecule has 0 aliphatic heterocycles. The van der Waals surface area contributed by atoms with E-state index in [1.807, 2.05) is 24.3 Å². The van der Waals surface area contributed by atoms with Crippen LogP contribution in [0.3, 0.4) is 0 Å². The number of hydrazone groups is 1. The topological polar surface area (TPSA) is 37.3 Å². The summed E-state index contributed by atoms with van der Waals surface area (Å²) in [6.07, 6.45) is 6.81. The van der Waals surface area contributed by atoms with Crippen molar-refractivity contribution in [3.63, 3.8) is 0 Å². The van der Waals surface area contributed by atoms with Gasteiger partial charge in [-0.1, -0.05) is 53.8 Å². The maximum absolute atomic E-state index is 4.67. The number of anilines is 1. The number of rotatable bonds is 3. The van der Waals surface area contributed by atoms with Crippen molar-refractivity contribution in [2.75, 3.05) is 5.43 Å². The van der Waals surface area contributed by atoms with Gasteiger partial charge in [0.05, 0.1) is 15.9 Å². The molecular weight excluding hydrogens is 314 g/mol. The van der Waals surface area contributed by atoms with E-state index in [-0.39, 0.29) is 0 Å². The molecule has 24 heavy (non-hydrogen) atoms. The summed E-state index contributed by atoms with van der Waals surface area (Å²) in [6.45, 7) is 0. The summed E-state index contributed by atoms with van der Waals surface area (Å²) in [6, 6.07) is 18.7. The Morgan fingerprint density at radius 1 is 0.958 bits per heavy atom. The van der Waals surface area contributed by atoms with Crippen molar-refractivity contribution in [2.24, 2.45) is 5.10 Å². The summed E-state index contributed by atoms with van der Waals surface area (Å²) in [5, 5.41) is 5.53. The average Bonchev–Trinajstić information content (AvgIpc) is 3.05. The van der Waals surface area contributed by atoms with Crippen LogP contribution in [0.25, 0.3) is 16.3 Å². The lowest BCUT2D eigenvalue weighted by molar-refractivity contribution is 0.734. The number of aromatic nitrogens is 1. The SMILES string of the molecule is C(=C1CCCC/C1=N/Nc1nc2ccccc2s1)c1ccccc1. The van der Waals surface area contributed by atoms with E-state index in [0.29, 0.717) is 0 Å². The minimum Gasteiger partial charge on any atom is -0.252 e. The van der Waals surface area contributed by atoms with Crippen LogP contribution in [0.1, 0.15) is 31.2 Å². The van der Waals surface area contributed by atoms with E-state index in [4.69, 9.17) is 0 Å². The zero-order valence-electron chi connectivity index (χ0n) is 13.4. The highest BCUT2D eigenvalue weighted by molar-refractivity contribution is 7.22. The lowest BCUT2D eigenvalue weighted by atomic mass is 9.91. The molecular formula is C20H19N3S.